The molecule has 0 atom stereocenters. The van der Waals surface area contributed by atoms with Crippen molar-refractivity contribution in [3.8, 4) is 0 Å². The number of nitrogens with two attached hydrogens (primary N) is 2. The Morgan fingerprint density at radius 3 is 2.23 bits per heavy atom. The molecule has 2 aromatic carbocycles. The Hall–Kier alpha value is -4.82. The van der Waals surface area contributed by atoms with Crippen LogP contribution in [0.1, 0.15) is 78.1 Å². The number of nitrogens with zero attached hydrogens (tertiary/aromatic N) is 3. The maximum atomic E-state index is 12.5. The summed E-state index contributed by atoms with van der Waals surface area (Å²) in [5, 5.41) is 14.9. The number of esters is 1. The number of halogens is 1. The van der Waals surface area contributed by atoms with E-state index < -0.39 is 22.7 Å². The van der Waals surface area contributed by atoms with E-state index in [0.29, 0.717) is 5.41 Å². The summed E-state index contributed by atoms with van der Waals surface area (Å²) in [6.45, 7) is 1.23. The van der Waals surface area contributed by atoms with E-state index in [1.165, 1.54) is 30.1 Å². The molecule has 47 heavy (non-hydrogen) atoms. The lowest BCUT2D eigenvalue weighted by atomic mass is 9.54. The van der Waals surface area contributed by atoms with Crippen molar-refractivity contribution in [2.24, 2.45) is 16.6 Å². The van der Waals surface area contributed by atoms with Gasteiger partial charge in [0.15, 0.2) is 5.65 Å². The average Bonchev–Trinajstić information content (AvgIpc) is 3.56. The third-order valence-electron chi connectivity index (χ3n) is 9.15. The van der Waals surface area contributed by atoms with E-state index in [1.807, 2.05) is 12.1 Å². The topological polar surface area (TPSA) is 221 Å². The van der Waals surface area contributed by atoms with Gasteiger partial charge in [-0.15, -0.1) is 12.4 Å². The van der Waals surface area contributed by atoms with E-state index in [0.717, 1.165) is 56.2 Å². The Kier molecular flexibility index (Phi) is 11.5. The van der Waals surface area contributed by atoms with E-state index in [4.69, 9.17) is 16.2 Å². The zero-order valence-electron chi connectivity index (χ0n) is 25.2. The molecule has 14 nitrogen and oxygen atoms in total. The van der Waals surface area contributed by atoms with Gasteiger partial charge < -0.3 is 31.9 Å². The smallest absolute Gasteiger partial charge is 0.353 e. The Balaban J connectivity index is 0.000000316. The Morgan fingerprint density at radius 2 is 1.66 bits per heavy atom. The fraction of sp³-hybridized carbons (Fsp3) is 0.406. The summed E-state index contributed by atoms with van der Waals surface area (Å²) in [4.78, 5) is 66.2. The third kappa shape index (κ3) is 7.28. The summed E-state index contributed by atoms with van der Waals surface area (Å²) in [5.74, 6) is -1.74. The van der Waals surface area contributed by atoms with Gasteiger partial charge in [0.1, 0.15) is 29.1 Å². The molecular weight excluding hydrogens is 630 g/mol. The average molecular weight is 670 g/mol. The van der Waals surface area contributed by atoms with Crippen molar-refractivity contribution < 1.29 is 24.2 Å². The maximum Gasteiger partial charge on any atom is 0.353 e. The molecule has 3 saturated carbocycles. The number of carbonyl (C=O) groups is 3. The second kappa shape index (κ2) is 14.7. The lowest BCUT2D eigenvalue weighted by Gasteiger charge is -2.51. The second-order valence-corrected chi connectivity index (χ2v) is 11.7. The Labute approximate surface area is 277 Å². The molecule has 15 heteroatoms. The monoisotopic (exact) mass is 669 g/mol. The fourth-order valence-corrected chi connectivity index (χ4v) is 6.18. The summed E-state index contributed by atoms with van der Waals surface area (Å²) in [5.41, 5.74) is 11.9. The number of aromatic nitrogens is 3. The summed E-state index contributed by atoms with van der Waals surface area (Å²) in [7, 11) is 1.50. The highest BCUT2D eigenvalue weighted by Crippen LogP contribution is 2.56. The van der Waals surface area contributed by atoms with Crippen LogP contribution in [0.4, 0.5) is 11.4 Å². The van der Waals surface area contributed by atoms with Gasteiger partial charge in [-0.05, 0) is 61.6 Å². The van der Waals surface area contributed by atoms with Gasteiger partial charge in [0, 0.05) is 19.2 Å². The minimum absolute atomic E-state index is 0. The molecule has 7 N–H and O–H groups in total. The maximum absolute atomic E-state index is 12.5. The van der Waals surface area contributed by atoms with Gasteiger partial charge in [0.25, 0.3) is 16.8 Å². The van der Waals surface area contributed by atoms with Gasteiger partial charge in [-0.3, -0.25) is 23.6 Å². The zero-order chi connectivity index (χ0) is 32.4. The van der Waals surface area contributed by atoms with Crippen molar-refractivity contribution in [2.45, 2.75) is 59.0 Å². The van der Waals surface area contributed by atoms with Crippen molar-refractivity contribution in [1.29, 1.82) is 0 Å². The van der Waals surface area contributed by atoms with Gasteiger partial charge in [-0.25, -0.2) is 14.8 Å². The molecule has 1 amide bonds. The molecule has 0 aliphatic heterocycles. The quantitative estimate of drug-likeness (QED) is 0.128. The van der Waals surface area contributed by atoms with Crippen molar-refractivity contribution in [2.75, 3.05) is 24.7 Å². The van der Waals surface area contributed by atoms with Crippen LogP contribution in [0.3, 0.4) is 0 Å². The van der Waals surface area contributed by atoms with Gasteiger partial charge >= 0.3 is 11.9 Å². The molecule has 7 rings (SSSR count). The minimum atomic E-state index is -1.21. The molecule has 4 aromatic rings. The standard InChI is InChI=1S/C20H16N6O5.C11H19NO2.CH4.ClH/c21-15-16(18(28)17(15)27)23-6-10-2-1-3-11(4-10)7-24-19(29)12-5-13(20(30)31)26-9-22-8-14(26)25-12;1-14-9(13)11-5-2-10(8-12,3-6-11)4-7-11;;/h1-5,8-9,23H,6-7,21H2,(H,24,29)(H,30,31);2-8,12H2,1H3;1H4;1H. The van der Waals surface area contributed by atoms with Gasteiger partial charge in [0.05, 0.1) is 18.7 Å². The predicted molar refractivity (Wildman–Crippen MR) is 178 cm³/mol. The minimum Gasteiger partial charge on any atom is -0.477 e. The van der Waals surface area contributed by atoms with Crippen LogP contribution in [0, 0.1) is 10.8 Å². The largest absolute Gasteiger partial charge is 0.477 e. The summed E-state index contributed by atoms with van der Waals surface area (Å²) in [6, 6.07) is 8.39. The van der Waals surface area contributed by atoms with Crippen LogP contribution in [0.25, 0.3) is 5.65 Å². The van der Waals surface area contributed by atoms with Crippen molar-refractivity contribution in [1.82, 2.24) is 19.7 Å². The van der Waals surface area contributed by atoms with Crippen LogP contribution in [0.15, 0.2) is 52.4 Å². The van der Waals surface area contributed by atoms with E-state index in [-0.39, 0.29) is 72.7 Å². The number of methoxy groups -OCH3 is 1. The summed E-state index contributed by atoms with van der Waals surface area (Å²) in [6.07, 6.45) is 8.95. The fourth-order valence-electron chi connectivity index (χ4n) is 6.18. The van der Waals surface area contributed by atoms with Crippen molar-refractivity contribution >= 4 is 47.3 Å². The van der Waals surface area contributed by atoms with Crippen LogP contribution < -0.4 is 33.0 Å². The molecule has 0 radical (unpaired) electrons. The predicted octanol–water partition coefficient (Wildman–Crippen LogP) is 2.66. The normalized spacial score (nSPS) is 19.4. The van der Waals surface area contributed by atoms with Crippen LogP contribution in [0.2, 0.25) is 0 Å². The number of nitrogens with one attached hydrogen (secondary N) is 2. The SMILES string of the molecule is C.COC(=O)C12CCC(CN)(CC1)CC2.Cl.Nc1c(NCc2cccc(CNC(=O)c3cc(C(=O)O)n4cncc4n3)c2)c(=O)c1=O. The van der Waals surface area contributed by atoms with Gasteiger partial charge in [-0.1, -0.05) is 31.7 Å². The number of carboxylic acid groups (broad SMARTS) is 1. The molecule has 3 fully saturated rings. The first-order valence-electron chi connectivity index (χ1n) is 14.5. The number of amides is 1. The van der Waals surface area contributed by atoms with Crippen molar-refractivity contribution in [3.05, 3.63) is 85.8 Å². The number of anilines is 2. The number of rotatable bonds is 9. The third-order valence-corrected chi connectivity index (χ3v) is 9.15. The first kappa shape index (κ1) is 36.6. The van der Waals surface area contributed by atoms with Gasteiger partial charge in [0.2, 0.25) is 0 Å². The number of hydrogen-bond donors (Lipinski definition) is 5. The van der Waals surface area contributed by atoms with Crippen molar-refractivity contribution in [3.63, 3.8) is 0 Å². The number of carbonyl (C=O) groups excluding carboxylic acids is 2. The number of nitrogen functional groups attached to an aromatic ring is 1. The Bertz CT molecular complexity index is 1820. The highest BCUT2D eigenvalue weighted by molar-refractivity contribution is 5.96. The molecule has 3 aliphatic carbocycles. The molecule has 252 valence electrons. The van der Waals surface area contributed by atoms with Crippen LogP contribution >= 0.6 is 12.4 Å². The molecule has 2 aromatic heterocycles. The number of fused-ring (bicyclic) bond motifs is 4. The van der Waals surface area contributed by atoms with E-state index in [9.17, 15) is 29.1 Å². The number of benzene rings is 1. The Morgan fingerprint density at radius 1 is 1.02 bits per heavy atom. The summed E-state index contributed by atoms with van der Waals surface area (Å²) >= 11 is 0. The van der Waals surface area contributed by atoms with Crippen LogP contribution in [-0.4, -0.2) is 51.0 Å². The molecule has 0 spiro atoms. The molecule has 0 unspecified atom stereocenters. The first-order valence-corrected chi connectivity index (χ1v) is 14.5. The van der Waals surface area contributed by atoms with E-state index >= 15 is 0 Å². The van der Waals surface area contributed by atoms with Crippen LogP contribution in [0.5, 0.6) is 0 Å². The molecule has 0 saturated heterocycles. The molecule has 2 heterocycles. The number of aromatic carboxylic acids is 1. The lowest BCUT2D eigenvalue weighted by Crippen LogP contribution is -2.49. The van der Waals surface area contributed by atoms with Crippen LogP contribution in [-0.2, 0) is 22.6 Å². The number of imidazole rings is 1. The highest BCUT2D eigenvalue weighted by atomic mass is 35.5. The molecule has 3 aliphatic rings. The zero-order valence-corrected chi connectivity index (χ0v) is 26.0. The lowest BCUT2D eigenvalue weighted by molar-refractivity contribution is -0.162. The summed E-state index contributed by atoms with van der Waals surface area (Å²) < 4.78 is 6.18. The number of hydrogen-bond acceptors (Lipinski definition) is 11. The van der Waals surface area contributed by atoms with Gasteiger partial charge in [-0.2, -0.15) is 0 Å². The highest BCUT2D eigenvalue weighted by Gasteiger charge is 2.52. The number of ether oxygens (including phenoxy) is 1. The molecule has 2 bridgehead atoms. The van der Waals surface area contributed by atoms with E-state index in [1.54, 1.807) is 12.1 Å². The number of carboxylic acids is 1. The first-order chi connectivity index (χ1) is 21.5. The second-order valence-electron chi connectivity index (χ2n) is 11.7. The van der Waals surface area contributed by atoms with E-state index in [2.05, 4.69) is 20.6 Å². The molecular formula is C32H40ClN7O7.